The first-order valence-corrected chi connectivity index (χ1v) is 8.32. The summed E-state index contributed by atoms with van der Waals surface area (Å²) in [6.07, 6.45) is 1.01. The summed E-state index contributed by atoms with van der Waals surface area (Å²) in [5, 5.41) is 15.3. The van der Waals surface area contributed by atoms with Crippen molar-refractivity contribution in [3.8, 4) is 6.07 Å². The number of halogens is 2. The fraction of sp³-hybridized carbons (Fsp3) is 0.300. The lowest BCUT2D eigenvalue weighted by Gasteiger charge is -2.19. The summed E-state index contributed by atoms with van der Waals surface area (Å²) in [6.45, 7) is 4.43. The van der Waals surface area contributed by atoms with Gasteiger partial charge in [-0.1, -0.05) is 31.2 Å². The molecule has 0 saturated carbocycles. The van der Waals surface area contributed by atoms with Gasteiger partial charge in [0.2, 0.25) is 0 Å². The number of hydrogen-bond donors (Lipinski definition) is 2. The highest BCUT2D eigenvalue weighted by Gasteiger charge is 2.09. The molecule has 2 N–H and O–H groups in total. The number of aliphatic imine (C=N–C) groups is 1. The van der Waals surface area contributed by atoms with Gasteiger partial charge >= 0.3 is 0 Å². The molecule has 2 aromatic rings. The van der Waals surface area contributed by atoms with E-state index in [4.69, 9.17) is 5.26 Å². The molecule has 4 nitrogen and oxygen atoms in total. The molecule has 0 heterocycles. The van der Waals surface area contributed by atoms with Crippen molar-refractivity contribution in [1.29, 1.82) is 5.26 Å². The van der Waals surface area contributed by atoms with Crippen LogP contribution in [0.25, 0.3) is 0 Å². The van der Waals surface area contributed by atoms with E-state index in [2.05, 4.69) is 46.8 Å². The van der Waals surface area contributed by atoms with Crippen LogP contribution in [-0.2, 0) is 13.0 Å². The van der Waals surface area contributed by atoms with Gasteiger partial charge in [0.25, 0.3) is 0 Å². The molecular formula is C20H24FIN4. The molecule has 2 aromatic carbocycles. The summed E-state index contributed by atoms with van der Waals surface area (Å²) >= 11 is 0. The van der Waals surface area contributed by atoms with E-state index in [1.54, 1.807) is 13.1 Å². The molecule has 0 aliphatic carbocycles. The van der Waals surface area contributed by atoms with Crippen molar-refractivity contribution in [2.24, 2.45) is 4.99 Å². The van der Waals surface area contributed by atoms with Crippen LogP contribution < -0.4 is 10.6 Å². The Bertz CT molecular complexity index is 781. The summed E-state index contributed by atoms with van der Waals surface area (Å²) in [5.41, 5.74) is 3.32. The first-order chi connectivity index (χ1) is 12.1. The van der Waals surface area contributed by atoms with Crippen molar-refractivity contribution >= 4 is 29.9 Å². The zero-order chi connectivity index (χ0) is 18.2. The average molecular weight is 466 g/mol. The van der Waals surface area contributed by atoms with Gasteiger partial charge in [-0.25, -0.2) is 4.39 Å². The molecule has 0 aromatic heterocycles. The van der Waals surface area contributed by atoms with Gasteiger partial charge in [0.05, 0.1) is 17.7 Å². The van der Waals surface area contributed by atoms with Gasteiger partial charge in [0, 0.05) is 19.2 Å². The van der Waals surface area contributed by atoms with Gasteiger partial charge < -0.3 is 10.6 Å². The van der Waals surface area contributed by atoms with Crippen LogP contribution in [0.3, 0.4) is 0 Å². The van der Waals surface area contributed by atoms with E-state index in [9.17, 15) is 4.39 Å². The van der Waals surface area contributed by atoms with Crippen LogP contribution in [0.4, 0.5) is 4.39 Å². The second kappa shape index (κ2) is 10.8. The van der Waals surface area contributed by atoms with Crippen molar-refractivity contribution in [1.82, 2.24) is 10.6 Å². The third kappa shape index (κ3) is 5.99. The van der Waals surface area contributed by atoms with Gasteiger partial charge in [-0.15, -0.1) is 24.0 Å². The number of benzene rings is 2. The largest absolute Gasteiger partial charge is 0.352 e. The van der Waals surface area contributed by atoms with Crippen molar-refractivity contribution in [3.63, 3.8) is 0 Å². The number of nitrogens with one attached hydrogen (secondary N) is 2. The van der Waals surface area contributed by atoms with Crippen molar-refractivity contribution in [3.05, 3.63) is 70.5 Å². The maximum atomic E-state index is 13.8. The smallest absolute Gasteiger partial charge is 0.191 e. The van der Waals surface area contributed by atoms with Crippen LogP contribution in [0.2, 0.25) is 0 Å². The molecule has 26 heavy (non-hydrogen) atoms. The molecule has 0 bridgehead atoms. The molecule has 0 aliphatic rings. The summed E-state index contributed by atoms with van der Waals surface area (Å²) in [6, 6.07) is 14.8. The Labute approximate surface area is 171 Å². The Morgan fingerprint density at radius 1 is 1.23 bits per heavy atom. The average Bonchev–Trinajstić information content (AvgIpc) is 2.66. The SMILES string of the molecule is CCc1ccc(C(C)NC(=NC)NCc2cc(C#N)ccc2F)cc1.I. The Hall–Kier alpha value is -2.14. The quantitative estimate of drug-likeness (QED) is 0.393. The minimum atomic E-state index is -0.342. The standard InChI is InChI=1S/C20H23FN4.HI/c1-4-15-5-8-17(9-6-15)14(2)25-20(23-3)24-13-18-11-16(12-22)7-10-19(18)21;/h5-11,14H,4,13H2,1-3H3,(H2,23,24,25);1H. The molecule has 0 saturated heterocycles. The highest BCUT2D eigenvalue weighted by Crippen LogP contribution is 2.14. The predicted octanol–water partition coefficient (Wildman–Crippen LogP) is 4.30. The fourth-order valence-electron chi connectivity index (χ4n) is 2.48. The Morgan fingerprint density at radius 2 is 1.92 bits per heavy atom. The minimum absolute atomic E-state index is 0. The van der Waals surface area contributed by atoms with Crippen molar-refractivity contribution < 1.29 is 4.39 Å². The second-order valence-electron chi connectivity index (χ2n) is 5.80. The van der Waals surface area contributed by atoms with Gasteiger partial charge in [-0.3, -0.25) is 4.99 Å². The van der Waals surface area contributed by atoms with Gasteiger partial charge in [-0.05, 0) is 42.7 Å². The zero-order valence-electron chi connectivity index (χ0n) is 15.2. The number of guanidine groups is 1. The van der Waals surface area contributed by atoms with E-state index in [-0.39, 0.29) is 42.4 Å². The number of nitriles is 1. The lowest BCUT2D eigenvalue weighted by Crippen LogP contribution is -2.38. The molecule has 0 fully saturated rings. The normalized spacial score (nSPS) is 11.9. The zero-order valence-corrected chi connectivity index (χ0v) is 17.5. The third-order valence-electron chi connectivity index (χ3n) is 4.09. The van der Waals surface area contributed by atoms with Crippen molar-refractivity contribution in [2.75, 3.05) is 7.05 Å². The maximum absolute atomic E-state index is 13.8. The van der Waals surface area contributed by atoms with Crippen LogP contribution in [0, 0.1) is 17.1 Å². The summed E-state index contributed by atoms with van der Waals surface area (Å²) in [4.78, 5) is 4.18. The van der Waals surface area contributed by atoms with Gasteiger partial charge in [-0.2, -0.15) is 5.26 Å². The number of nitrogens with zero attached hydrogens (tertiary/aromatic N) is 2. The van der Waals surface area contributed by atoms with Gasteiger partial charge in [0.1, 0.15) is 5.82 Å². The Kier molecular flexibility index (Phi) is 9.07. The van der Waals surface area contributed by atoms with Crippen molar-refractivity contribution in [2.45, 2.75) is 32.9 Å². The third-order valence-corrected chi connectivity index (χ3v) is 4.09. The maximum Gasteiger partial charge on any atom is 0.191 e. The molecule has 1 atom stereocenters. The van der Waals surface area contributed by atoms with Crippen LogP contribution >= 0.6 is 24.0 Å². The minimum Gasteiger partial charge on any atom is -0.352 e. The lowest BCUT2D eigenvalue weighted by molar-refractivity contribution is 0.602. The van der Waals surface area contributed by atoms with E-state index < -0.39 is 0 Å². The van der Waals surface area contributed by atoms with E-state index in [0.717, 1.165) is 12.0 Å². The lowest BCUT2D eigenvalue weighted by atomic mass is 10.1. The molecule has 6 heteroatoms. The van der Waals surface area contributed by atoms with E-state index in [0.29, 0.717) is 17.1 Å². The first kappa shape index (κ1) is 21.9. The molecule has 138 valence electrons. The number of rotatable bonds is 5. The summed E-state index contributed by atoms with van der Waals surface area (Å²) < 4.78 is 13.8. The summed E-state index contributed by atoms with van der Waals surface area (Å²) in [7, 11) is 1.67. The van der Waals surface area contributed by atoms with E-state index in [1.807, 2.05) is 13.0 Å². The molecule has 0 amide bonds. The second-order valence-corrected chi connectivity index (χ2v) is 5.80. The Balaban J connectivity index is 0.00000338. The molecule has 0 spiro atoms. The first-order valence-electron chi connectivity index (χ1n) is 8.32. The van der Waals surface area contributed by atoms with E-state index in [1.165, 1.54) is 17.7 Å². The highest BCUT2D eigenvalue weighted by atomic mass is 127. The molecule has 0 aliphatic heterocycles. The molecule has 2 rings (SSSR count). The van der Waals surface area contributed by atoms with Crippen LogP contribution in [0.5, 0.6) is 0 Å². The van der Waals surface area contributed by atoms with Crippen LogP contribution in [0.1, 0.15) is 42.1 Å². The van der Waals surface area contributed by atoms with E-state index >= 15 is 0 Å². The number of aryl methyl sites for hydroxylation is 1. The van der Waals surface area contributed by atoms with Gasteiger partial charge in [0.15, 0.2) is 5.96 Å². The predicted molar refractivity (Wildman–Crippen MR) is 114 cm³/mol. The molecule has 0 radical (unpaired) electrons. The topological polar surface area (TPSA) is 60.2 Å². The fourth-order valence-corrected chi connectivity index (χ4v) is 2.48. The molecule has 1 unspecified atom stereocenters. The molecular weight excluding hydrogens is 442 g/mol. The highest BCUT2D eigenvalue weighted by molar-refractivity contribution is 14.0. The van der Waals surface area contributed by atoms with Crippen LogP contribution in [-0.4, -0.2) is 13.0 Å². The number of hydrogen-bond acceptors (Lipinski definition) is 2. The Morgan fingerprint density at radius 3 is 2.50 bits per heavy atom. The monoisotopic (exact) mass is 466 g/mol. The summed E-state index contributed by atoms with van der Waals surface area (Å²) in [5.74, 6) is 0.235. The van der Waals surface area contributed by atoms with Crippen LogP contribution in [0.15, 0.2) is 47.5 Å².